The van der Waals surface area contributed by atoms with Gasteiger partial charge in [-0.15, -0.1) is 0 Å². The molecule has 1 aliphatic rings. The van der Waals surface area contributed by atoms with Crippen LogP contribution in [0, 0.1) is 5.92 Å². The van der Waals surface area contributed by atoms with Crippen molar-refractivity contribution in [3.8, 4) is 5.75 Å². The highest BCUT2D eigenvalue weighted by Crippen LogP contribution is 2.28. The Balaban J connectivity index is 2.03. The first-order chi connectivity index (χ1) is 9.61. The lowest BCUT2D eigenvalue weighted by molar-refractivity contribution is 0.00482. The van der Waals surface area contributed by atoms with Crippen molar-refractivity contribution in [2.75, 3.05) is 12.3 Å². The molecule has 0 saturated heterocycles. The van der Waals surface area contributed by atoms with Gasteiger partial charge in [0.05, 0.1) is 17.9 Å². The fourth-order valence-corrected chi connectivity index (χ4v) is 2.63. The number of hydrogen-bond donors (Lipinski definition) is 1. The molecule has 0 bridgehead atoms. The van der Waals surface area contributed by atoms with Gasteiger partial charge in [0.2, 0.25) is 0 Å². The number of rotatable bonds is 4. The molecule has 0 heterocycles. The summed E-state index contributed by atoms with van der Waals surface area (Å²) in [5, 5.41) is 0. The van der Waals surface area contributed by atoms with E-state index in [1.807, 2.05) is 6.92 Å². The van der Waals surface area contributed by atoms with Gasteiger partial charge in [0.25, 0.3) is 0 Å². The van der Waals surface area contributed by atoms with Crippen LogP contribution < -0.4 is 10.5 Å². The lowest BCUT2D eigenvalue weighted by atomic mass is 9.88. The highest BCUT2D eigenvalue weighted by atomic mass is 16.5. The fraction of sp³-hybridized carbons (Fsp3) is 0.562. The summed E-state index contributed by atoms with van der Waals surface area (Å²) in [4.78, 5) is 12.2. The summed E-state index contributed by atoms with van der Waals surface area (Å²) in [6, 6.07) is 5.05. The lowest BCUT2D eigenvalue weighted by Gasteiger charge is -2.28. The summed E-state index contributed by atoms with van der Waals surface area (Å²) >= 11 is 0. The number of anilines is 1. The zero-order chi connectivity index (χ0) is 14.5. The van der Waals surface area contributed by atoms with Gasteiger partial charge in [-0.2, -0.15) is 0 Å². The molecule has 1 saturated carbocycles. The van der Waals surface area contributed by atoms with E-state index in [2.05, 4.69) is 6.92 Å². The second-order valence-corrected chi connectivity index (χ2v) is 5.39. The maximum Gasteiger partial charge on any atom is 0.338 e. The van der Waals surface area contributed by atoms with Gasteiger partial charge in [0, 0.05) is 0 Å². The van der Waals surface area contributed by atoms with Crippen molar-refractivity contribution < 1.29 is 14.3 Å². The molecule has 1 fully saturated rings. The van der Waals surface area contributed by atoms with E-state index in [1.165, 1.54) is 6.42 Å². The third kappa shape index (κ3) is 3.44. The standard InChI is InChI=1S/C16H23NO3/c1-3-19-15-9-8-12(10-13(15)17)16(18)20-14-7-5-4-6-11(14)2/h8-11,14H,3-7,17H2,1-2H3. The van der Waals surface area contributed by atoms with Crippen LogP contribution in [0.2, 0.25) is 0 Å². The minimum Gasteiger partial charge on any atom is -0.492 e. The normalized spacial score (nSPS) is 22.3. The second-order valence-electron chi connectivity index (χ2n) is 5.39. The Kier molecular flexibility index (Phi) is 4.88. The molecule has 4 heteroatoms. The van der Waals surface area contributed by atoms with E-state index in [4.69, 9.17) is 15.2 Å². The zero-order valence-corrected chi connectivity index (χ0v) is 12.2. The molecule has 20 heavy (non-hydrogen) atoms. The van der Waals surface area contributed by atoms with Crippen LogP contribution >= 0.6 is 0 Å². The average molecular weight is 277 g/mol. The minimum atomic E-state index is -0.293. The van der Waals surface area contributed by atoms with Gasteiger partial charge in [-0.1, -0.05) is 13.3 Å². The minimum absolute atomic E-state index is 0.0315. The molecule has 0 amide bonds. The maximum atomic E-state index is 12.2. The summed E-state index contributed by atoms with van der Waals surface area (Å²) in [5.74, 6) is 0.751. The van der Waals surface area contributed by atoms with Crippen molar-refractivity contribution in [1.29, 1.82) is 0 Å². The van der Waals surface area contributed by atoms with Crippen molar-refractivity contribution in [2.45, 2.75) is 45.6 Å². The summed E-state index contributed by atoms with van der Waals surface area (Å²) < 4.78 is 11.0. The fourth-order valence-electron chi connectivity index (χ4n) is 2.63. The molecule has 110 valence electrons. The van der Waals surface area contributed by atoms with Gasteiger partial charge < -0.3 is 15.2 Å². The molecule has 1 aliphatic carbocycles. The Morgan fingerprint density at radius 2 is 2.10 bits per heavy atom. The Hall–Kier alpha value is -1.71. The highest BCUT2D eigenvalue weighted by Gasteiger charge is 2.25. The maximum absolute atomic E-state index is 12.2. The van der Waals surface area contributed by atoms with E-state index >= 15 is 0 Å². The number of nitrogens with two attached hydrogens (primary N) is 1. The first-order valence-electron chi connectivity index (χ1n) is 7.35. The first-order valence-corrected chi connectivity index (χ1v) is 7.35. The van der Waals surface area contributed by atoms with Crippen molar-refractivity contribution >= 4 is 11.7 Å². The molecule has 1 aromatic rings. The Morgan fingerprint density at radius 3 is 2.75 bits per heavy atom. The van der Waals surface area contributed by atoms with Gasteiger partial charge in [0.15, 0.2) is 0 Å². The van der Waals surface area contributed by atoms with E-state index < -0.39 is 0 Å². The SMILES string of the molecule is CCOc1ccc(C(=O)OC2CCCCC2C)cc1N. The molecule has 2 atom stereocenters. The Labute approximate surface area is 120 Å². The lowest BCUT2D eigenvalue weighted by Crippen LogP contribution is -2.28. The molecule has 0 radical (unpaired) electrons. The van der Waals surface area contributed by atoms with Crippen LogP contribution in [0.25, 0.3) is 0 Å². The molecule has 2 N–H and O–H groups in total. The summed E-state index contributed by atoms with van der Waals surface area (Å²) in [7, 11) is 0. The third-order valence-electron chi connectivity index (χ3n) is 3.84. The topological polar surface area (TPSA) is 61.5 Å². The first kappa shape index (κ1) is 14.7. The summed E-state index contributed by atoms with van der Waals surface area (Å²) in [6.45, 7) is 4.59. The van der Waals surface area contributed by atoms with Crippen molar-refractivity contribution in [3.63, 3.8) is 0 Å². The van der Waals surface area contributed by atoms with Gasteiger partial charge in [-0.05, 0) is 50.3 Å². The predicted octanol–water partition coefficient (Wildman–Crippen LogP) is 3.40. The molecule has 0 aromatic heterocycles. The predicted molar refractivity (Wildman–Crippen MR) is 78.9 cm³/mol. The monoisotopic (exact) mass is 277 g/mol. The zero-order valence-electron chi connectivity index (χ0n) is 12.2. The summed E-state index contributed by atoms with van der Waals surface area (Å²) in [5.41, 5.74) is 6.83. The van der Waals surface area contributed by atoms with E-state index in [-0.39, 0.29) is 12.1 Å². The van der Waals surface area contributed by atoms with E-state index in [0.717, 1.165) is 19.3 Å². The molecule has 1 aromatic carbocycles. The molecule has 0 aliphatic heterocycles. The quantitative estimate of drug-likeness (QED) is 0.676. The molecule has 2 rings (SSSR count). The molecule has 0 spiro atoms. The largest absolute Gasteiger partial charge is 0.492 e. The molecular weight excluding hydrogens is 254 g/mol. The Bertz CT molecular complexity index is 473. The van der Waals surface area contributed by atoms with E-state index in [9.17, 15) is 4.79 Å². The number of benzene rings is 1. The van der Waals surface area contributed by atoms with Crippen LogP contribution in [-0.2, 0) is 4.74 Å². The number of hydrogen-bond acceptors (Lipinski definition) is 4. The van der Waals surface area contributed by atoms with Crippen LogP contribution in [0.15, 0.2) is 18.2 Å². The highest BCUT2D eigenvalue weighted by molar-refractivity contribution is 5.91. The molecular formula is C16H23NO3. The second kappa shape index (κ2) is 6.64. The number of ether oxygens (including phenoxy) is 2. The molecule has 4 nitrogen and oxygen atoms in total. The van der Waals surface area contributed by atoms with Crippen LogP contribution in [0.5, 0.6) is 5.75 Å². The van der Waals surface area contributed by atoms with Gasteiger partial charge in [0.1, 0.15) is 11.9 Å². The number of nitrogen functional groups attached to an aromatic ring is 1. The number of carbonyl (C=O) groups excluding carboxylic acids is 1. The van der Waals surface area contributed by atoms with Gasteiger partial charge in [-0.3, -0.25) is 0 Å². The van der Waals surface area contributed by atoms with E-state index in [0.29, 0.717) is 29.5 Å². The van der Waals surface area contributed by atoms with Crippen LogP contribution in [0.1, 0.15) is 49.9 Å². The third-order valence-corrected chi connectivity index (χ3v) is 3.84. The number of esters is 1. The average Bonchev–Trinajstić information content (AvgIpc) is 2.43. The van der Waals surface area contributed by atoms with Crippen molar-refractivity contribution in [3.05, 3.63) is 23.8 Å². The smallest absolute Gasteiger partial charge is 0.338 e. The number of carbonyl (C=O) groups is 1. The van der Waals surface area contributed by atoms with Crippen LogP contribution in [0.3, 0.4) is 0 Å². The van der Waals surface area contributed by atoms with Crippen LogP contribution in [0.4, 0.5) is 5.69 Å². The van der Waals surface area contributed by atoms with Crippen molar-refractivity contribution in [1.82, 2.24) is 0 Å². The summed E-state index contributed by atoms with van der Waals surface area (Å²) in [6.07, 6.45) is 4.48. The van der Waals surface area contributed by atoms with E-state index in [1.54, 1.807) is 18.2 Å². The van der Waals surface area contributed by atoms with Gasteiger partial charge in [-0.25, -0.2) is 4.79 Å². The Morgan fingerprint density at radius 1 is 1.35 bits per heavy atom. The van der Waals surface area contributed by atoms with Crippen molar-refractivity contribution in [2.24, 2.45) is 5.92 Å². The van der Waals surface area contributed by atoms with Crippen LogP contribution in [-0.4, -0.2) is 18.7 Å². The van der Waals surface area contributed by atoms with Gasteiger partial charge >= 0.3 is 5.97 Å². The molecule has 2 unspecified atom stereocenters.